The molecule has 66 valence electrons. The Balaban J connectivity index is 3.99. The quantitative estimate of drug-likeness (QED) is 0.587. The predicted octanol–water partition coefficient (Wildman–Crippen LogP) is -0.549. The molecule has 6 heteroatoms. The van der Waals surface area contributed by atoms with E-state index in [0.29, 0.717) is 0 Å². The molecule has 0 radical (unpaired) electrons. The van der Waals surface area contributed by atoms with E-state index in [-0.39, 0.29) is 6.42 Å². The second-order valence-electron chi connectivity index (χ2n) is 2.69. The fourth-order valence-corrected chi connectivity index (χ4v) is 1.06. The Morgan fingerprint density at radius 1 is 1.73 bits per heavy atom. The molecule has 5 nitrogen and oxygen atoms in total. The largest absolute Gasteiger partial charge is 0.750 e. The zero-order valence-electron chi connectivity index (χ0n) is 6.33. The molecule has 0 bridgehead atoms. The predicted molar refractivity (Wildman–Crippen MR) is 37.9 cm³/mol. The summed E-state index contributed by atoms with van der Waals surface area (Å²) in [4.78, 5) is 10.3. The molecule has 0 aromatic rings. The maximum Gasteiger partial charge on any atom is 0.220 e. The number of nitrogens with two attached hydrogens (primary N) is 1. The third-order valence-corrected chi connectivity index (χ3v) is 1.48. The van der Waals surface area contributed by atoms with Gasteiger partial charge in [0.2, 0.25) is 5.91 Å². The molecule has 0 spiro atoms. The first-order valence-electron chi connectivity index (χ1n) is 2.90. The first-order chi connectivity index (χ1) is 4.83. The highest BCUT2D eigenvalue weighted by Crippen LogP contribution is 2.14. The maximum atomic E-state index is 10.3. The third kappa shape index (κ3) is 5.96. The second kappa shape index (κ2) is 3.80. The fourth-order valence-electron chi connectivity index (χ4n) is 0.633. The molecular weight excluding hydrogens is 170 g/mol. The molecule has 0 aliphatic carbocycles. The standard InChI is InChI=1S/C5H11NO4S/c1-5(2,3-4(6)7)10-11(8)9/h3H2,1-2H3,(H2,6,7)(H,8,9)/p-1. The zero-order chi connectivity index (χ0) is 9.07. The summed E-state index contributed by atoms with van der Waals surface area (Å²) >= 11 is -2.61. The van der Waals surface area contributed by atoms with Crippen molar-refractivity contribution in [1.82, 2.24) is 0 Å². The summed E-state index contributed by atoms with van der Waals surface area (Å²) in [5.41, 5.74) is 3.79. The number of carbonyl (C=O) groups is 1. The monoisotopic (exact) mass is 180 g/mol. The van der Waals surface area contributed by atoms with Gasteiger partial charge in [0.05, 0.1) is 23.4 Å². The Kier molecular flexibility index (Phi) is 3.64. The van der Waals surface area contributed by atoms with Crippen molar-refractivity contribution in [3.05, 3.63) is 0 Å². The maximum absolute atomic E-state index is 10.3. The molecule has 1 amide bonds. The minimum atomic E-state index is -2.61. The first kappa shape index (κ1) is 10.5. The van der Waals surface area contributed by atoms with Gasteiger partial charge in [-0.05, 0) is 13.8 Å². The van der Waals surface area contributed by atoms with Crippen molar-refractivity contribution < 1.29 is 17.7 Å². The van der Waals surface area contributed by atoms with Gasteiger partial charge in [0.1, 0.15) is 0 Å². The van der Waals surface area contributed by atoms with E-state index in [0.717, 1.165) is 0 Å². The SMILES string of the molecule is CC(C)(CC(N)=O)OS(=O)[O-]. The molecule has 1 unspecified atom stereocenters. The molecule has 11 heavy (non-hydrogen) atoms. The average molecular weight is 180 g/mol. The van der Waals surface area contributed by atoms with Crippen molar-refractivity contribution in [2.45, 2.75) is 25.9 Å². The third-order valence-electron chi connectivity index (χ3n) is 0.894. The number of rotatable bonds is 4. The summed E-state index contributed by atoms with van der Waals surface area (Å²) in [6.07, 6.45) is -0.124. The lowest BCUT2D eigenvalue weighted by molar-refractivity contribution is -0.121. The van der Waals surface area contributed by atoms with Gasteiger partial charge in [-0.2, -0.15) is 0 Å². The van der Waals surface area contributed by atoms with Crippen LogP contribution < -0.4 is 5.73 Å². The number of amides is 1. The molecule has 0 fully saturated rings. The molecule has 0 saturated carbocycles. The van der Waals surface area contributed by atoms with Gasteiger partial charge < -0.3 is 10.3 Å². The molecule has 0 aromatic carbocycles. The van der Waals surface area contributed by atoms with Gasteiger partial charge in [-0.25, -0.2) is 4.21 Å². The van der Waals surface area contributed by atoms with Crippen LogP contribution in [0.4, 0.5) is 0 Å². The van der Waals surface area contributed by atoms with Crippen molar-refractivity contribution in [3.8, 4) is 0 Å². The molecule has 0 aliphatic rings. The number of primary amides is 1. The van der Waals surface area contributed by atoms with Gasteiger partial charge in [0.15, 0.2) is 0 Å². The Hall–Kier alpha value is -0.460. The van der Waals surface area contributed by atoms with Gasteiger partial charge in [-0.3, -0.25) is 8.98 Å². The van der Waals surface area contributed by atoms with E-state index in [9.17, 15) is 13.6 Å². The first-order valence-corrected chi connectivity index (χ1v) is 3.90. The van der Waals surface area contributed by atoms with Crippen LogP contribution in [0.1, 0.15) is 20.3 Å². The highest BCUT2D eigenvalue weighted by atomic mass is 32.2. The van der Waals surface area contributed by atoms with E-state index in [1.54, 1.807) is 0 Å². The summed E-state index contributed by atoms with van der Waals surface area (Å²) in [5.74, 6) is -0.597. The minimum absolute atomic E-state index is 0.124. The molecule has 0 rings (SSSR count). The van der Waals surface area contributed by atoms with E-state index in [1.165, 1.54) is 13.8 Å². The van der Waals surface area contributed by atoms with E-state index in [4.69, 9.17) is 5.73 Å². The Morgan fingerprint density at radius 3 is 2.45 bits per heavy atom. The van der Waals surface area contributed by atoms with Gasteiger partial charge in [-0.15, -0.1) is 0 Å². The van der Waals surface area contributed by atoms with E-state index in [1.807, 2.05) is 0 Å². The molecule has 0 aliphatic heterocycles. The van der Waals surface area contributed by atoms with E-state index < -0.39 is 22.9 Å². The van der Waals surface area contributed by atoms with Crippen molar-refractivity contribution in [2.24, 2.45) is 5.73 Å². The van der Waals surface area contributed by atoms with E-state index >= 15 is 0 Å². The summed E-state index contributed by atoms with van der Waals surface area (Å²) in [6.45, 7) is 2.93. The van der Waals surface area contributed by atoms with Crippen molar-refractivity contribution >= 4 is 17.3 Å². The van der Waals surface area contributed by atoms with Crippen molar-refractivity contribution in [2.75, 3.05) is 0 Å². The highest BCUT2D eigenvalue weighted by Gasteiger charge is 2.21. The summed E-state index contributed by atoms with van der Waals surface area (Å²) < 4.78 is 24.4. The summed E-state index contributed by atoms with van der Waals surface area (Å²) in [5, 5.41) is 0. The Morgan fingerprint density at radius 2 is 2.18 bits per heavy atom. The van der Waals surface area contributed by atoms with E-state index in [2.05, 4.69) is 4.18 Å². The molecule has 0 heterocycles. The second-order valence-corrected chi connectivity index (χ2v) is 3.27. The molecule has 2 N–H and O–H groups in total. The molecule has 1 atom stereocenters. The van der Waals surface area contributed by atoms with Gasteiger partial charge in [-0.1, -0.05) is 0 Å². The lowest BCUT2D eigenvalue weighted by atomic mass is 10.1. The average Bonchev–Trinajstić information content (AvgIpc) is 1.53. The van der Waals surface area contributed by atoms with Crippen LogP contribution in [0, 0.1) is 0 Å². The number of hydrogen-bond donors (Lipinski definition) is 1. The Labute approximate surface area is 67.4 Å². The highest BCUT2D eigenvalue weighted by molar-refractivity contribution is 7.74. The van der Waals surface area contributed by atoms with Gasteiger partial charge >= 0.3 is 0 Å². The topological polar surface area (TPSA) is 92.5 Å². The summed E-state index contributed by atoms with van der Waals surface area (Å²) in [7, 11) is 0. The molecular formula is C5H10NO4S-. The summed E-state index contributed by atoms with van der Waals surface area (Å²) in [6, 6.07) is 0. The van der Waals surface area contributed by atoms with Crippen LogP contribution in [0.2, 0.25) is 0 Å². The zero-order valence-corrected chi connectivity index (χ0v) is 7.14. The van der Waals surface area contributed by atoms with Crippen LogP contribution >= 0.6 is 0 Å². The normalized spacial score (nSPS) is 14.5. The van der Waals surface area contributed by atoms with Crippen LogP contribution in [0.5, 0.6) is 0 Å². The molecule has 0 aromatic heterocycles. The smallest absolute Gasteiger partial charge is 0.220 e. The van der Waals surface area contributed by atoms with Gasteiger partial charge in [0.25, 0.3) is 0 Å². The lowest BCUT2D eigenvalue weighted by Crippen LogP contribution is -2.31. The van der Waals surface area contributed by atoms with Crippen LogP contribution in [-0.4, -0.2) is 20.3 Å². The van der Waals surface area contributed by atoms with Crippen molar-refractivity contribution in [1.29, 1.82) is 0 Å². The Bertz CT molecular complexity index is 161. The fraction of sp³-hybridized carbons (Fsp3) is 0.800. The minimum Gasteiger partial charge on any atom is -0.750 e. The van der Waals surface area contributed by atoms with Crippen LogP contribution in [-0.2, 0) is 20.3 Å². The van der Waals surface area contributed by atoms with Crippen LogP contribution in [0.15, 0.2) is 0 Å². The van der Waals surface area contributed by atoms with Crippen molar-refractivity contribution in [3.63, 3.8) is 0 Å². The number of hydrogen-bond acceptors (Lipinski definition) is 4. The van der Waals surface area contributed by atoms with Crippen LogP contribution in [0.25, 0.3) is 0 Å². The molecule has 0 saturated heterocycles. The lowest BCUT2D eigenvalue weighted by Gasteiger charge is -2.23. The number of carbonyl (C=O) groups excluding carboxylic acids is 1. The van der Waals surface area contributed by atoms with Gasteiger partial charge in [0, 0.05) is 0 Å². The van der Waals surface area contributed by atoms with Crippen LogP contribution in [0.3, 0.4) is 0 Å².